The highest BCUT2D eigenvalue weighted by Crippen LogP contribution is 2.13. The first-order chi connectivity index (χ1) is 8.73. The lowest BCUT2D eigenvalue weighted by molar-refractivity contribution is -0.132. The van der Waals surface area contributed by atoms with Crippen molar-refractivity contribution in [3.63, 3.8) is 0 Å². The molecule has 1 fully saturated rings. The molecule has 0 aromatic heterocycles. The first-order valence-corrected chi connectivity index (χ1v) is 8.91. The smallest absolute Gasteiger partial charge is 0.240 e. The Morgan fingerprint density at radius 2 is 1.95 bits per heavy atom. The molecule has 0 bridgehead atoms. The van der Waals surface area contributed by atoms with Gasteiger partial charge in [-0.15, -0.1) is 0 Å². The number of piperidine rings is 1. The lowest BCUT2D eigenvalue weighted by Crippen LogP contribution is -2.51. The molecule has 1 heterocycles. The maximum absolute atomic E-state index is 12.3. The van der Waals surface area contributed by atoms with Gasteiger partial charge in [0.25, 0.3) is 0 Å². The molecule has 1 aliphatic heterocycles. The number of carbonyl (C=O) groups is 1. The molecule has 1 aliphatic rings. The Labute approximate surface area is 116 Å². The normalized spacial score (nSPS) is 22.3. The molecule has 112 valence electrons. The van der Waals surface area contributed by atoms with Crippen molar-refractivity contribution in [2.45, 2.75) is 57.4 Å². The quantitative estimate of drug-likeness (QED) is 0.813. The van der Waals surface area contributed by atoms with Crippen molar-refractivity contribution in [2.75, 3.05) is 19.3 Å². The Morgan fingerprint density at radius 1 is 1.32 bits per heavy atom. The highest BCUT2D eigenvalue weighted by Gasteiger charge is 2.31. The summed E-state index contributed by atoms with van der Waals surface area (Å²) in [6.45, 7) is 6.90. The second-order valence-corrected chi connectivity index (χ2v) is 8.07. The van der Waals surface area contributed by atoms with E-state index in [4.69, 9.17) is 0 Å². The molecule has 0 aliphatic carbocycles. The van der Waals surface area contributed by atoms with Gasteiger partial charge in [-0.3, -0.25) is 4.79 Å². The molecule has 6 heteroatoms. The van der Waals surface area contributed by atoms with Crippen LogP contribution in [0.25, 0.3) is 0 Å². The summed E-state index contributed by atoms with van der Waals surface area (Å²) in [4.78, 5) is 14.0. The van der Waals surface area contributed by atoms with Crippen molar-refractivity contribution in [2.24, 2.45) is 0 Å². The van der Waals surface area contributed by atoms with Gasteiger partial charge in [-0.1, -0.05) is 6.42 Å². The Morgan fingerprint density at radius 3 is 2.37 bits per heavy atom. The van der Waals surface area contributed by atoms with Crippen molar-refractivity contribution < 1.29 is 13.2 Å². The van der Waals surface area contributed by atoms with Crippen LogP contribution < -0.4 is 5.32 Å². The maximum atomic E-state index is 12.3. The zero-order valence-electron chi connectivity index (χ0n) is 12.3. The van der Waals surface area contributed by atoms with E-state index in [2.05, 4.69) is 5.32 Å². The first kappa shape index (κ1) is 16.4. The Hall–Kier alpha value is -0.620. The molecule has 0 saturated carbocycles. The van der Waals surface area contributed by atoms with Gasteiger partial charge in [0.05, 0.1) is 0 Å². The zero-order chi connectivity index (χ0) is 14.6. The third-order valence-corrected chi connectivity index (χ3v) is 5.21. The minimum absolute atomic E-state index is 0.0143. The number of nitrogens with zero attached hydrogens (tertiary/aromatic N) is 1. The highest BCUT2D eigenvalue weighted by atomic mass is 32.2. The van der Waals surface area contributed by atoms with Crippen molar-refractivity contribution in [1.82, 2.24) is 10.2 Å². The minimum atomic E-state index is -3.33. The van der Waals surface area contributed by atoms with Gasteiger partial charge in [-0.05, 0) is 40.2 Å². The molecule has 19 heavy (non-hydrogen) atoms. The fourth-order valence-corrected chi connectivity index (χ4v) is 2.79. The molecule has 0 aromatic rings. The van der Waals surface area contributed by atoms with E-state index in [1.54, 1.807) is 4.90 Å². The Kier molecular flexibility index (Phi) is 5.80. The van der Waals surface area contributed by atoms with E-state index < -0.39 is 15.1 Å². The van der Waals surface area contributed by atoms with Crippen LogP contribution >= 0.6 is 0 Å². The van der Waals surface area contributed by atoms with Gasteiger partial charge in [-0.2, -0.15) is 0 Å². The fourth-order valence-electron chi connectivity index (χ4n) is 2.29. The average Bonchev–Trinajstić information content (AvgIpc) is 2.34. The number of hydrogen-bond donors (Lipinski definition) is 1. The van der Waals surface area contributed by atoms with Gasteiger partial charge in [-0.25, -0.2) is 8.42 Å². The van der Waals surface area contributed by atoms with Crippen LogP contribution in [0.5, 0.6) is 0 Å². The lowest BCUT2D eigenvalue weighted by atomic mass is 10.0. The Bertz CT molecular complexity index is 400. The van der Waals surface area contributed by atoms with Gasteiger partial charge < -0.3 is 10.2 Å². The summed E-state index contributed by atoms with van der Waals surface area (Å²) in [5, 5.41) is 2.43. The number of rotatable bonds is 5. The second kappa shape index (κ2) is 6.70. The first-order valence-electron chi connectivity index (χ1n) is 6.96. The lowest BCUT2D eigenvalue weighted by Gasteiger charge is -2.34. The molecule has 1 saturated heterocycles. The summed E-state index contributed by atoms with van der Waals surface area (Å²) < 4.78 is 23.1. The zero-order valence-corrected chi connectivity index (χ0v) is 13.2. The van der Waals surface area contributed by atoms with Crippen molar-refractivity contribution >= 4 is 15.7 Å². The topological polar surface area (TPSA) is 66.5 Å². The molecule has 1 N–H and O–H groups in total. The van der Waals surface area contributed by atoms with Crippen LogP contribution in [0.3, 0.4) is 0 Å². The van der Waals surface area contributed by atoms with Crippen molar-refractivity contribution in [1.29, 1.82) is 0 Å². The van der Waals surface area contributed by atoms with Gasteiger partial charge >= 0.3 is 0 Å². The minimum Gasteiger partial charge on any atom is -0.338 e. The van der Waals surface area contributed by atoms with Gasteiger partial charge in [0.15, 0.2) is 9.84 Å². The van der Waals surface area contributed by atoms with Crippen molar-refractivity contribution in [3.05, 3.63) is 0 Å². The predicted molar refractivity (Wildman–Crippen MR) is 76.8 cm³/mol. The van der Waals surface area contributed by atoms with E-state index >= 15 is 0 Å². The number of sulfone groups is 1. The van der Waals surface area contributed by atoms with Crippen LogP contribution in [0, 0.1) is 0 Å². The van der Waals surface area contributed by atoms with E-state index in [-0.39, 0.29) is 18.0 Å². The molecule has 1 rings (SSSR count). The van der Waals surface area contributed by atoms with Crippen LogP contribution in [-0.2, 0) is 14.6 Å². The maximum Gasteiger partial charge on any atom is 0.240 e. The summed E-state index contributed by atoms with van der Waals surface area (Å²) in [5.74, 6) is -0.287. The molecule has 5 nitrogen and oxygen atoms in total. The summed E-state index contributed by atoms with van der Waals surface area (Å²) in [6, 6.07) is 0.298. The molecular weight excluding hydrogens is 264 g/mol. The predicted octanol–water partition coefficient (Wildman–Crippen LogP) is 0.799. The molecule has 1 amide bonds. The summed E-state index contributed by atoms with van der Waals surface area (Å²) >= 11 is 0. The molecule has 0 radical (unpaired) electrons. The number of hydrogen-bond acceptors (Lipinski definition) is 4. The van der Waals surface area contributed by atoms with Crippen LogP contribution in [0.1, 0.15) is 40.0 Å². The SMILES string of the molecule is CC(C)N(CC1CCCCN1)C(=O)C(C)S(C)(=O)=O. The third-order valence-electron chi connectivity index (χ3n) is 3.73. The summed E-state index contributed by atoms with van der Waals surface area (Å²) in [7, 11) is -3.33. The van der Waals surface area contributed by atoms with Crippen LogP contribution in [0.2, 0.25) is 0 Å². The summed E-state index contributed by atoms with van der Waals surface area (Å²) in [6.07, 6.45) is 4.50. The van der Waals surface area contributed by atoms with Gasteiger partial charge in [0.2, 0.25) is 5.91 Å². The molecule has 0 aromatic carbocycles. The number of amides is 1. The van der Waals surface area contributed by atoms with Gasteiger partial charge in [0, 0.05) is 24.9 Å². The summed E-state index contributed by atoms with van der Waals surface area (Å²) in [5.41, 5.74) is 0. The van der Waals surface area contributed by atoms with E-state index in [1.807, 2.05) is 13.8 Å². The Balaban J connectivity index is 2.74. The largest absolute Gasteiger partial charge is 0.338 e. The van der Waals surface area contributed by atoms with Crippen LogP contribution in [0.15, 0.2) is 0 Å². The highest BCUT2D eigenvalue weighted by molar-refractivity contribution is 7.92. The standard InChI is InChI=1S/C13H26N2O3S/c1-10(2)15(9-12-7-5-6-8-14-12)13(16)11(3)19(4,17)18/h10-12,14H,5-9H2,1-4H3. The van der Waals surface area contributed by atoms with Gasteiger partial charge in [0.1, 0.15) is 5.25 Å². The van der Waals surface area contributed by atoms with Crippen LogP contribution in [-0.4, -0.2) is 55.9 Å². The molecule has 2 atom stereocenters. The average molecular weight is 290 g/mol. The number of nitrogens with one attached hydrogen (secondary N) is 1. The molecule has 0 spiro atoms. The molecular formula is C13H26N2O3S. The fraction of sp³-hybridized carbons (Fsp3) is 0.923. The molecule has 2 unspecified atom stereocenters. The van der Waals surface area contributed by atoms with E-state index in [9.17, 15) is 13.2 Å². The second-order valence-electron chi connectivity index (χ2n) is 5.70. The van der Waals surface area contributed by atoms with E-state index in [0.717, 1.165) is 19.2 Å². The van der Waals surface area contributed by atoms with Crippen molar-refractivity contribution in [3.8, 4) is 0 Å². The monoisotopic (exact) mass is 290 g/mol. The van der Waals surface area contributed by atoms with E-state index in [0.29, 0.717) is 6.54 Å². The third kappa shape index (κ3) is 4.76. The van der Waals surface area contributed by atoms with E-state index in [1.165, 1.54) is 19.8 Å². The van der Waals surface area contributed by atoms with Crippen LogP contribution in [0.4, 0.5) is 0 Å². The number of carbonyl (C=O) groups excluding carboxylic acids is 1.